The van der Waals surface area contributed by atoms with Crippen molar-refractivity contribution in [3.8, 4) is 0 Å². The molecule has 0 N–H and O–H groups in total. The van der Waals surface area contributed by atoms with E-state index in [1.165, 1.54) is 54.2 Å². The molecule has 0 aliphatic carbocycles. The molecular weight excluding hydrogens is 492 g/mol. The molecule has 33 heavy (non-hydrogen) atoms. The molecule has 0 saturated heterocycles. The van der Waals surface area contributed by atoms with E-state index in [4.69, 9.17) is 0 Å². The molecule has 6 aromatic rings. The first-order valence-electron chi connectivity index (χ1n) is 10.3. The Kier molecular flexibility index (Phi) is 11.2. The Hall–Kier alpha value is -2.28. The van der Waals surface area contributed by atoms with Crippen LogP contribution in [0, 0.1) is 28.7 Å². The molecule has 3 radical (unpaired) electrons. The van der Waals surface area contributed by atoms with Crippen LogP contribution >= 0.6 is 0 Å². The van der Waals surface area contributed by atoms with Crippen LogP contribution in [0.2, 0.25) is 6.55 Å². The molecule has 0 aromatic heterocycles. The van der Waals surface area contributed by atoms with E-state index in [0.29, 0.717) is 0 Å². The number of hydrogen-bond donors (Lipinski definition) is 0. The van der Waals surface area contributed by atoms with Gasteiger partial charge in [-0.05, 0) is 0 Å². The van der Waals surface area contributed by atoms with Crippen molar-refractivity contribution >= 4 is 53.3 Å². The minimum atomic E-state index is 0. The fourth-order valence-corrected chi connectivity index (χ4v) is 4.23. The van der Waals surface area contributed by atoms with Gasteiger partial charge in [0.2, 0.25) is 0 Å². The van der Waals surface area contributed by atoms with Gasteiger partial charge in [-0.1, -0.05) is 103 Å². The molecule has 6 aromatic carbocycles. The molecule has 0 fully saturated rings. The topological polar surface area (TPSA) is 0 Å². The smallest absolute Gasteiger partial charge is 0.358 e. The third kappa shape index (κ3) is 5.99. The summed E-state index contributed by atoms with van der Waals surface area (Å²) in [6.45, 7) is 6.10. The molecule has 0 aliphatic rings. The van der Waals surface area contributed by atoms with Crippen molar-refractivity contribution in [1.29, 1.82) is 0 Å². The first kappa shape index (κ1) is 28.8. The SMILES string of the molecule is C[Si].Cc1cc2ccc3ccccc3c2[cH-]1.Cc1cc2ccc3ccccc3c2[cH-]1.[CH3-].[CH3-].[Zr+4]. The normalized spacial score (nSPS) is 9.70. The van der Waals surface area contributed by atoms with Crippen LogP contribution in [-0.4, -0.2) is 10.2 Å². The van der Waals surface area contributed by atoms with Gasteiger partial charge < -0.3 is 14.9 Å². The van der Waals surface area contributed by atoms with Crippen LogP contribution in [0.1, 0.15) is 11.1 Å². The molecule has 0 bridgehead atoms. The van der Waals surface area contributed by atoms with Crippen molar-refractivity contribution in [2.45, 2.75) is 20.4 Å². The minimum absolute atomic E-state index is 0. The van der Waals surface area contributed by atoms with Crippen molar-refractivity contribution in [3.63, 3.8) is 0 Å². The average molecular weight is 523 g/mol. The maximum Gasteiger partial charge on any atom is 4.00 e. The van der Waals surface area contributed by atoms with Gasteiger partial charge >= 0.3 is 26.2 Å². The Bertz CT molecular complexity index is 1320. The van der Waals surface area contributed by atoms with Crippen molar-refractivity contribution < 1.29 is 26.2 Å². The zero-order valence-electron chi connectivity index (χ0n) is 20.2. The Morgan fingerprint density at radius 1 is 0.515 bits per heavy atom. The number of aryl methyl sites for hydroxylation is 2. The van der Waals surface area contributed by atoms with Crippen LogP contribution in [0.15, 0.2) is 97.1 Å². The molecule has 2 heteroatoms. The monoisotopic (exact) mass is 521 g/mol. The molecule has 0 spiro atoms. The number of rotatable bonds is 0. The van der Waals surface area contributed by atoms with E-state index < -0.39 is 0 Å². The zero-order valence-corrected chi connectivity index (χ0v) is 23.7. The van der Waals surface area contributed by atoms with Crippen LogP contribution in [0.3, 0.4) is 0 Å². The Balaban J connectivity index is 0.000000283. The summed E-state index contributed by atoms with van der Waals surface area (Å²) in [4.78, 5) is 0. The Morgan fingerprint density at radius 3 is 1.24 bits per heavy atom. The molecule has 0 heterocycles. The predicted molar refractivity (Wildman–Crippen MR) is 148 cm³/mol. The van der Waals surface area contributed by atoms with Gasteiger partial charge in [0.05, 0.1) is 0 Å². The molecule has 0 saturated carbocycles. The van der Waals surface area contributed by atoms with E-state index >= 15 is 0 Å². The Morgan fingerprint density at radius 2 is 0.848 bits per heavy atom. The molecule has 0 unspecified atom stereocenters. The van der Waals surface area contributed by atoms with E-state index in [9.17, 15) is 0 Å². The molecule has 0 amide bonds. The van der Waals surface area contributed by atoms with Crippen LogP contribution in [-0.2, 0) is 26.2 Å². The standard InChI is InChI=1S/2C14H11.CH3Si.2CH3.Zr/c2*1-10-8-12-7-6-11-4-2-3-5-13(11)14(12)9-10;1-2;;;/h2*2-9H,1H3;1H3;2*1H3;/q2*-1;;2*-1;+4. The van der Waals surface area contributed by atoms with Crippen LogP contribution < -0.4 is 0 Å². The van der Waals surface area contributed by atoms with Gasteiger partial charge in [-0.25, -0.2) is 0 Å². The maximum absolute atomic E-state index is 2.97. The van der Waals surface area contributed by atoms with E-state index in [2.05, 4.69) is 121 Å². The van der Waals surface area contributed by atoms with Gasteiger partial charge in [-0.3, -0.25) is 0 Å². The van der Waals surface area contributed by atoms with E-state index in [-0.39, 0.29) is 41.1 Å². The summed E-state index contributed by atoms with van der Waals surface area (Å²) >= 11 is 0. The molecular formula is C31H31SiZr. The van der Waals surface area contributed by atoms with Crippen LogP contribution in [0.4, 0.5) is 0 Å². The zero-order chi connectivity index (χ0) is 21.1. The summed E-state index contributed by atoms with van der Waals surface area (Å²) < 4.78 is 0. The quantitative estimate of drug-likeness (QED) is 0.138. The van der Waals surface area contributed by atoms with Crippen molar-refractivity contribution in [2.75, 3.05) is 0 Å². The molecule has 6 rings (SSSR count). The summed E-state index contributed by atoms with van der Waals surface area (Å²) in [6, 6.07) is 34.9. The maximum atomic E-state index is 2.97. The molecule has 163 valence electrons. The Labute approximate surface area is 221 Å². The van der Waals surface area contributed by atoms with Gasteiger partial charge in [0.15, 0.2) is 0 Å². The molecule has 0 aliphatic heterocycles. The number of hydrogen-bond acceptors (Lipinski definition) is 0. The fraction of sp³-hybridized carbons (Fsp3) is 0.0968. The summed E-state index contributed by atoms with van der Waals surface area (Å²) in [5.74, 6) is 0. The summed E-state index contributed by atoms with van der Waals surface area (Å²) in [7, 11) is 2.97. The number of benzene rings is 4. The first-order chi connectivity index (χ1) is 14.7. The molecule has 0 nitrogen and oxygen atoms in total. The van der Waals surface area contributed by atoms with Gasteiger partial charge in [0.1, 0.15) is 0 Å². The second-order valence-electron chi connectivity index (χ2n) is 7.64. The number of fused-ring (bicyclic) bond motifs is 6. The van der Waals surface area contributed by atoms with E-state index in [0.717, 1.165) is 0 Å². The van der Waals surface area contributed by atoms with Crippen molar-refractivity contribution in [3.05, 3.63) is 123 Å². The van der Waals surface area contributed by atoms with Crippen molar-refractivity contribution in [1.82, 2.24) is 0 Å². The van der Waals surface area contributed by atoms with Crippen molar-refractivity contribution in [2.24, 2.45) is 0 Å². The van der Waals surface area contributed by atoms with E-state index in [1.54, 1.807) is 6.55 Å². The largest absolute Gasteiger partial charge is 4.00 e. The van der Waals surface area contributed by atoms with Crippen LogP contribution in [0.5, 0.6) is 0 Å². The summed E-state index contributed by atoms with van der Waals surface area (Å²) in [6.07, 6.45) is 0. The van der Waals surface area contributed by atoms with Crippen LogP contribution in [0.25, 0.3) is 43.1 Å². The third-order valence-corrected chi connectivity index (χ3v) is 5.52. The third-order valence-electron chi connectivity index (χ3n) is 5.52. The second kappa shape index (κ2) is 12.8. The molecule has 0 atom stereocenters. The van der Waals surface area contributed by atoms with Gasteiger partial charge in [0.25, 0.3) is 0 Å². The predicted octanol–water partition coefficient (Wildman–Crippen LogP) is 9.14. The fourth-order valence-electron chi connectivity index (χ4n) is 4.23. The van der Waals surface area contributed by atoms with Gasteiger partial charge in [0, 0.05) is 10.2 Å². The minimum Gasteiger partial charge on any atom is -0.358 e. The van der Waals surface area contributed by atoms with Gasteiger partial charge in [-0.2, -0.15) is 12.1 Å². The second-order valence-corrected chi connectivity index (χ2v) is 7.64. The van der Waals surface area contributed by atoms with Gasteiger partial charge in [-0.15, -0.1) is 56.9 Å². The average Bonchev–Trinajstić information content (AvgIpc) is 3.37. The summed E-state index contributed by atoms with van der Waals surface area (Å²) in [5, 5.41) is 10.8. The van der Waals surface area contributed by atoms with E-state index in [1.807, 2.05) is 0 Å². The first-order valence-corrected chi connectivity index (χ1v) is 11.3. The summed E-state index contributed by atoms with van der Waals surface area (Å²) in [5.41, 5.74) is 2.69.